The van der Waals surface area contributed by atoms with E-state index in [0.29, 0.717) is 0 Å². The van der Waals surface area contributed by atoms with Crippen molar-refractivity contribution in [1.82, 2.24) is 0 Å². The molecule has 0 atom stereocenters. The van der Waals surface area contributed by atoms with E-state index in [0.717, 1.165) is 16.7 Å². The van der Waals surface area contributed by atoms with Gasteiger partial charge >= 0.3 is 0 Å². The lowest BCUT2D eigenvalue weighted by atomic mass is 9.95. The Morgan fingerprint density at radius 3 is 2.07 bits per heavy atom. The first-order valence-corrected chi connectivity index (χ1v) is 4.40. The second kappa shape index (κ2) is 4.03. The van der Waals surface area contributed by atoms with E-state index in [1.807, 2.05) is 32.0 Å². The molecule has 0 unspecified atom stereocenters. The van der Waals surface area contributed by atoms with Crippen LogP contribution < -0.4 is 0 Å². The summed E-state index contributed by atoms with van der Waals surface area (Å²) in [4.78, 5) is 21.8. The summed E-state index contributed by atoms with van der Waals surface area (Å²) in [5, 5.41) is 0. The van der Waals surface area contributed by atoms with Crippen molar-refractivity contribution in [3.8, 4) is 0 Å². The highest BCUT2D eigenvalue weighted by atomic mass is 16.1. The van der Waals surface area contributed by atoms with Gasteiger partial charge < -0.3 is 0 Å². The first kappa shape index (κ1) is 10.4. The molecule has 0 amide bonds. The maximum Gasteiger partial charge on any atom is 0.171 e. The first-order valence-electron chi connectivity index (χ1n) is 4.40. The van der Waals surface area contributed by atoms with Crippen molar-refractivity contribution >= 4 is 17.3 Å². The van der Waals surface area contributed by atoms with E-state index in [4.69, 9.17) is 0 Å². The molecule has 1 rings (SSSR count). The third-order valence-corrected chi connectivity index (χ3v) is 2.19. The lowest BCUT2D eigenvalue weighted by Crippen LogP contribution is -2.01. The Balaban J connectivity index is 3.45. The fraction of sp³-hybridized carbons (Fsp3) is 0.250. The van der Waals surface area contributed by atoms with Crippen molar-refractivity contribution in [1.29, 1.82) is 0 Å². The van der Waals surface area contributed by atoms with Crippen molar-refractivity contribution in [2.24, 2.45) is 0 Å². The van der Waals surface area contributed by atoms with Crippen molar-refractivity contribution < 1.29 is 9.59 Å². The average molecular weight is 188 g/mol. The van der Waals surface area contributed by atoms with Crippen molar-refractivity contribution in [3.05, 3.63) is 34.9 Å². The number of hydrogen-bond acceptors (Lipinski definition) is 2. The predicted molar refractivity (Wildman–Crippen MR) is 55.7 cm³/mol. The molecular weight excluding hydrogens is 176 g/mol. The van der Waals surface area contributed by atoms with E-state index in [9.17, 15) is 9.59 Å². The largest absolute Gasteiger partial charge is 0.294 e. The smallest absolute Gasteiger partial charge is 0.171 e. The molecule has 1 aromatic rings. The topological polar surface area (TPSA) is 34.1 Å². The fourth-order valence-electron chi connectivity index (χ4n) is 1.51. The van der Waals surface area contributed by atoms with Crippen LogP contribution in [0.25, 0.3) is 5.57 Å². The van der Waals surface area contributed by atoms with Gasteiger partial charge in [0.1, 0.15) is 11.5 Å². The number of rotatable bonds is 2. The first-order chi connectivity index (χ1) is 6.57. The van der Waals surface area contributed by atoms with Gasteiger partial charge in [-0.2, -0.15) is 0 Å². The van der Waals surface area contributed by atoms with E-state index < -0.39 is 0 Å². The number of Topliss-reactive ketones (excluding diaryl/α,β-unsaturated/α-hetero) is 1. The Labute approximate surface area is 83.3 Å². The van der Waals surface area contributed by atoms with E-state index in [1.54, 1.807) is 5.94 Å². The van der Waals surface area contributed by atoms with Crippen LogP contribution in [-0.2, 0) is 9.59 Å². The van der Waals surface area contributed by atoms with E-state index in [2.05, 4.69) is 0 Å². The maximum absolute atomic E-state index is 11.2. The number of aryl methyl sites for hydroxylation is 2. The molecule has 0 bridgehead atoms. The molecule has 0 aliphatic heterocycles. The van der Waals surface area contributed by atoms with Gasteiger partial charge in [-0.3, -0.25) is 4.79 Å². The number of hydrogen-bond donors (Lipinski definition) is 0. The summed E-state index contributed by atoms with van der Waals surface area (Å²) >= 11 is 0. The standard InChI is InChI=1S/C12H12O2/c1-8-5-4-6-9(2)12(8)11(7-13)10(3)14/h4-6H,1-3H3. The highest BCUT2D eigenvalue weighted by Crippen LogP contribution is 2.21. The lowest BCUT2D eigenvalue weighted by molar-refractivity contribution is -0.111. The monoisotopic (exact) mass is 188 g/mol. The number of ketones is 1. The summed E-state index contributed by atoms with van der Waals surface area (Å²) in [5.41, 5.74) is 2.72. The quantitative estimate of drug-likeness (QED) is 0.526. The van der Waals surface area contributed by atoms with Crippen LogP contribution in [0.15, 0.2) is 18.2 Å². The molecule has 0 aromatic heterocycles. The highest BCUT2D eigenvalue weighted by Gasteiger charge is 2.13. The Hall–Kier alpha value is -1.66. The van der Waals surface area contributed by atoms with Gasteiger partial charge in [0.25, 0.3) is 0 Å². The van der Waals surface area contributed by atoms with Gasteiger partial charge in [-0.05, 0) is 31.9 Å². The molecule has 14 heavy (non-hydrogen) atoms. The number of allylic oxidation sites excluding steroid dienone is 1. The minimum Gasteiger partial charge on any atom is -0.294 e. The molecular formula is C12H12O2. The zero-order valence-electron chi connectivity index (χ0n) is 8.55. The van der Waals surface area contributed by atoms with Crippen LogP contribution in [0.1, 0.15) is 23.6 Å². The van der Waals surface area contributed by atoms with Crippen LogP contribution in [0.5, 0.6) is 0 Å². The SMILES string of the molecule is CC(=O)C(=C=O)c1c(C)cccc1C. The minimum absolute atomic E-state index is 0.139. The summed E-state index contributed by atoms with van der Waals surface area (Å²) in [7, 11) is 0. The molecule has 0 saturated carbocycles. The van der Waals surface area contributed by atoms with Crippen LogP contribution in [-0.4, -0.2) is 11.7 Å². The van der Waals surface area contributed by atoms with E-state index in [1.165, 1.54) is 6.92 Å². The molecule has 2 nitrogen and oxygen atoms in total. The van der Waals surface area contributed by atoms with Crippen LogP contribution in [0.3, 0.4) is 0 Å². The van der Waals surface area contributed by atoms with Crippen molar-refractivity contribution in [3.63, 3.8) is 0 Å². The Morgan fingerprint density at radius 1 is 1.21 bits per heavy atom. The van der Waals surface area contributed by atoms with Crippen LogP contribution in [0.2, 0.25) is 0 Å². The fourth-order valence-corrected chi connectivity index (χ4v) is 1.51. The summed E-state index contributed by atoms with van der Waals surface area (Å²) in [6, 6.07) is 5.65. The van der Waals surface area contributed by atoms with Gasteiger partial charge in [-0.15, -0.1) is 0 Å². The molecule has 0 aliphatic carbocycles. The van der Waals surface area contributed by atoms with E-state index >= 15 is 0 Å². The summed E-state index contributed by atoms with van der Waals surface area (Å²) in [6.07, 6.45) is 0. The maximum atomic E-state index is 11.2. The molecule has 0 fully saturated rings. The lowest BCUT2D eigenvalue weighted by Gasteiger charge is -2.07. The molecule has 0 saturated heterocycles. The predicted octanol–water partition coefficient (Wildman–Crippen LogP) is 2.11. The third kappa shape index (κ3) is 1.81. The summed E-state index contributed by atoms with van der Waals surface area (Å²) < 4.78 is 0. The molecule has 0 spiro atoms. The zero-order valence-corrected chi connectivity index (χ0v) is 8.55. The van der Waals surface area contributed by atoms with Gasteiger partial charge in [0.2, 0.25) is 0 Å². The molecule has 2 heteroatoms. The highest BCUT2D eigenvalue weighted by molar-refractivity contribution is 6.28. The summed E-state index contributed by atoms with van der Waals surface area (Å²) in [5.74, 6) is 1.48. The zero-order chi connectivity index (χ0) is 10.7. The molecule has 0 heterocycles. The van der Waals surface area contributed by atoms with E-state index in [-0.39, 0.29) is 11.4 Å². The third-order valence-electron chi connectivity index (χ3n) is 2.19. The molecule has 72 valence electrons. The summed E-state index contributed by atoms with van der Waals surface area (Å²) in [6.45, 7) is 5.14. The van der Waals surface area contributed by atoms with Crippen LogP contribution >= 0.6 is 0 Å². The molecule has 0 aliphatic rings. The number of carbonyl (C=O) groups is 1. The Bertz CT molecular complexity index is 404. The average Bonchev–Trinajstić information content (AvgIpc) is 2.10. The second-order valence-electron chi connectivity index (χ2n) is 3.30. The Morgan fingerprint density at radius 2 is 1.71 bits per heavy atom. The van der Waals surface area contributed by atoms with Gasteiger partial charge in [0, 0.05) is 5.56 Å². The normalized spacial score (nSPS) is 9.36. The number of carbonyl (C=O) groups excluding carboxylic acids is 2. The van der Waals surface area contributed by atoms with Gasteiger partial charge in [-0.25, -0.2) is 4.79 Å². The van der Waals surface area contributed by atoms with Crippen molar-refractivity contribution in [2.75, 3.05) is 0 Å². The molecule has 1 aromatic carbocycles. The number of benzene rings is 1. The minimum atomic E-state index is -0.239. The van der Waals surface area contributed by atoms with Crippen molar-refractivity contribution in [2.45, 2.75) is 20.8 Å². The van der Waals surface area contributed by atoms with Gasteiger partial charge in [0.05, 0.1) is 0 Å². The molecule has 0 N–H and O–H groups in total. The Kier molecular flexibility index (Phi) is 3.00. The second-order valence-corrected chi connectivity index (χ2v) is 3.30. The van der Waals surface area contributed by atoms with Crippen LogP contribution in [0.4, 0.5) is 0 Å². The van der Waals surface area contributed by atoms with Gasteiger partial charge in [0.15, 0.2) is 5.78 Å². The molecule has 0 radical (unpaired) electrons. The van der Waals surface area contributed by atoms with Gasteiger partial charge in [-0.1, -0.05) is 18.2 Å². The van der Waals surface area contributed by atoms with Crippen LogP contribution in [0, 0.1) is 13.8 Å².